The van der Waals surface area contributed by atoms with Gasteiger partial charge in [-0.1, -0.05) is 19.1 Å². The zero-order valence-corrected chi connectivity index (χ0v) is 14.1. The predicted molar refractivity (Wildman–Crippen MR) is 85.7 cm³/mol. The largest absolute Gasteiger partial charge is 0.486 e. The molecule has 0 aliphatic carbocycles. The lowest BCUT2D eigenvalue weighted by Gasteiger charge is -2.21. The Morgan fingerprint density at radius 2 is 1.82 bits per heavy atom. The second-order valence-electron chi connectivity index (χ2n) is 5.43. The average Bonchev–Trinajstić information content (AvgIpc) is 2.65. The van der Waals surface area contributed by atoms with Gasteiger partial charge in [0.25, 0.3) is 0 Å². The molecule has 122 valence electrons. The molecule has 5 nitrogen and oxygen atoms in total. The number of rotatable bonds is 5. The number of hydrogen-bond acceptors (Lipinski definition) is 4. The van der Waals surface area contributed by atoms with Gasteiger partial charge in [-0.15, -0.1) is 0 Å². The number of benzene rings is 1. The summed E-state index contributed by atoms with van der Waals surface area (Å²) in [6.45, 7) is 6.14. The van der Waals surface area contributed by atoms with Gasteiger partial charge in [-0.25, -0.2) is 4.79 Å². The van der Waals surface area contributed by atoms with E-state index in [0.29, 0.717) is 6.61 Å². The summed E-state index contributed by atoms with van der Waals surface area (Å²) in [5, 5.41) is 0. The molecule has 1 heterocycles. The van der Waals surface area contributed by atoms with Crippen molar-refractivity contribution < 1.29 is 24.0 Å². The number of cyclic esters (lactones) is 1. The van der Waals surface area contributed by atoms with Gasteiger partial charge in [0.1, 0.15) is 5.60 Å². The van der Waals surface area contributed by atoms with Crippen molar-refractivity contribution in [2.75, 3.05) is 12.9 Å². The van der Waals surface area contributed by atoms with Crippen LogP contribution in [0.1, 0.15) is 32.8 Å². The number of esters is 1. The first kappa shape index (κ1) is 18.4. The van der Waals surface area contributed by atoms with Crippen molar-refractivity contribution >= 4 is 22.3 Å². The molecule has 1 aromatic rings. The molecule has 1 unspecified atom stereocenters. The molecule has 2 rings (SSSR count). The third-order valence-electron chi connectivity index (χ3n) is 3.29. The van der Waals surface area contributed by atoms with Gasteiger partial charge in [-0.3, -0.25) is 4.21 Å². The first-order chi connectivity index (χ1) is 9.86. The molecule has 1 atom stereocenters. The average molecular weight is 326 g/mol. The molecule has 1 aliphatic rings. The van der Waals surface area contributed by atoms with E-state index in [1.165, 1.54) is 0 Å². The highest BCUT2D eigenvalue weighted by atomic mass is 32.2. The minimum Gasteiger partial charge on any atom is -0.486 e. The van der Waals surface area contributed by atoms with Crippen LogP contribution in [0.2, 0.25) is 0 Å². The van der Waals surface area contributed by atoms with Crippen LogP contribution in [0.4, 0.5) is 0 Å². The third-order valence-corrected chi connectivity index (χ3v) is 4.22. The Kier molecular flexibility index (Phi) is 5.91. The summed E-state index contributed by atoms with van der Waals surface area (Å²) < 4.78 is 22.5. The van der Waals surface area contributed by atoms with Gasteiger partial charge in [-0.2, -0.15) is 0 Å². The van der Waals surface area contributed by atoms with Crippen LogP contribution >= 0.6 is 0 Å². The van der Waals surface area contributed by atoms with E-state index in [4.69, 9.17) is 9.47 Å². The van der Waals surface area contributed by atoms with Gasteiger partial charge in [0.15, 0.2) is 0 Å². The Hall–Kier alpha value is -1.66. The molecule has 1 aromatic carbocycles. The molecule has 6 heteroatoms. The lowest BCUT2D eigenvalue weighted by Crippen LogP contribution is -2.22. The molecule has 0 bridgehead atoms. The van der Waals surface area contributed by atoms with Gasteiger partial charge in [0.2, 0.25) is 5.76 Å². The van der Waals surface area contributed by atoms with Crippen LogP contribution in [0.25, 0.3) is 5.57 Å². The Balaban J connectivity index is 0.00000242. The molecule has 22 heavy (non-hydrogen) atoms. The highest BCUT2D eigenvalue weighted by Crippen LogP contribution is 2.40. The molecule has 0 spiro atoms. The predicted octanol–water partition coefficient (Wildman–Crippen LogP) is 2.07. The van der Waals surface area contributed by atoms with E-state index >= 15 is 0 Å². The number of carbonyl (C=O) groups excluding carboxylic acids is 1. The second kappa shape index (κ2) is 7.07. The quantitative estimate of drug-likeness (QED) is 0.775. The zero-order valence-electron chi connectivity index (χ0n) is 13.3. The Labute approximate surface area is 133 Å². The minimum absolute atomic E-state index is 0. The smallest absolute Gasteiger partial charge is 0.374 e. The highest BCUT2D eigenvalue weighted by Gasteiger charge is 2.42. The number of ether oxygens (including phenoxy) is 2. The first-order valence-corrected chi connectivity index (χ1v) is 8.47. The topological polar surface area (TPSA) is 84.1 Å². The molecule has 2 N–H and O–H groups in total. The summed E-state index contributed by atoms with van der Waals surface area (Å²) in [4.78, 5) is 12.7. The normalized spacial score (nSPS) is 17.7. The van der Waals surface area contributed by atoms with Crippen LogP contribution in [0.15, 0.2) is 34.9 Å². The van der Waals surface area contributed by atoms with Crippen molar-refractivity contribution in [3.05, 3.63) is 35.6 Å². The van der Waals surface area contributed by atoms with Gasteiger partial charge in [-0.05, 0) is 38.0 Å². The molecular weight excluding hydrogens is 304 g/mol. The van der Waals surface area contributed by atoms with E-state index in [0.717, 1.165) is 22.5 Å². The van der Waals surface area contributed by atoms with E-state index in [1.54, 1.807) is 18.4 Å². The van der Waals surface area contributed by atoms with Crippen LogP contribution in [0.5, 0.6) is 0 Å². The minimum atomic E-state index is -1.02. The van der Waals surface area contributed by atoms with Crippen LogP contribution in [-0.2, 0) is 25.1 Å². The van der Waals surface area contributed by atoms with Crippen molar-refractivity contribution in [1.29, 1.82) is 0 Å². The van der Waals surface area contributed by atoms with Crippen molar-refractivity contribution in [3.8, 4) is 0 Å². The molecule has 0 saturated heterocycles. The first-order valence-electron chi connectivity index (χ1n) is 6.91. The monoisotopic (exact) mass is 326 g/mol. The fraction of sp³-hybridized carbons (Fsp3) is 0.438. The lowest BCUT2D eigenvalue weighted by atomic mass is 9.92. The third kappa shape index (κ3) is 3.56. The molecule has 0 amide bonds. The molecule has 0 aromatic heterocycles. The van der Waals surface area contributed by atoms with Crippen LogP contribution < -0.4 is 0 Å². The maximum absolute atomic E-state index is 12.0. The fourth-order valence-electron chi connectivity index (χ4n) is 2.33. The van der Waals surface area contributed by atoms with Crippen LogP contribution in [-0.4, -0.2) is 34.1 Å². The maximum atomic E-state index is 12.0. The van der Waals surface area contributed by atoms with E-state index in [1.807, 2.05) is 32.9 Å². The van der Waals surface area contributed by atoms with Crippen molar-refractivity contribution in [2.24, 2.45) is 0 Å². The number of carbonyl (C=O) groups is 1. The molecule has 0 radical (unpaired) electrons. The summed E-state index contributed by atoms with van der Waals surface area (Å²) in [6.07, 6.45) is 2.45. The van der Waals surface area contributed by atoms with Crippen molar-refractivity contribution in [3.63, 3.8) is 0 Å². The van der Waals surface area contributed by atoms with E-state index in [2.05, 4.69) is 0 Å². The van der Waals surface area contributed by atoms with E-state index in [9.17, 15) is 9.00 Å². The maximum Gasteiger partial charge on any atom is 0.374 e. The van der Waals surface area contributed by atoms with Gasteiger partial charge >= 0.3 is 5.97 Å². The summed E-state index contributed by atoms with van der Waals surface area (Å²) in [5.74, 6) is -0.140. The van der Waals surface area contributed by atoms with E-state index < -0.39 is 22.4 Å². The zero-order chi connectivity index (χ0) is 15.6. The van der Waals surface area contributed by atoms with Gasteiger partial charge in [0, 0.05) is 22.0 Å². The SMILES string of the molecule is CCCOC1=C(c2ccc(S(C)=O)cc2)C(C)(C)OC1=O.O. The van der Waals surface area contributed by atoms with Crippen molar-refractivity contribution in [1.82, 2.24) is 0 Å². The van der Waals surface area contributed by atoms with Crippen LogP contribution in [0.3, 0.4) is 0 Å². The summed E-state index contributed by atoms with van der Waals surface area (Å²) in [6, 6.07) is 7.31. The molecule has 1 aliphatic heterocycles. The summed E-state index contributed by atoms with van der Waals surface area (Å²) in [7, 11) is -1.02. The Morgan fingerprint density at radius 3 is 2.32 bits per heavy atom. The standard InChI is InChI=1S/C16H20O4S.H2O/c1-5-10-19-14-13(16(2,3)20-15(14)17)11-6-8-12(9-7-11)21(4)18;/h6-9H,5,10H2,1-4H3;1H2. The van der Waals surface area contributed by atoms with Crippen molar-refractivity contribution in [2.45, 2.75) is 37.7 Å². The molecular formula is C16H22O5S. The summed E-state index contributed by atoms with van der Waals surface area (Å²) in [5.41, 5.74) is 0.869. The van der Waals surface area contributed by atoms with Gasteiger partial charge < -0.3 is 14.9 Å². The highest BCUT2D eigenvalue weighted by molar-refractivity contribution is 7.84. The van der Waals surface area contributed by atoms with Crippen LogP contribution in [0, 0.1) is 0 Å². The Morgan fingerprint density at radius 1 is 1.23 bits per heavy atom. The lowest BCUT2D eigenvalue weighted by molar-refractivity contribution is -0.147. The number of hydrogen-bond donors (Lipinski definition) is 0. The Bertz CT molecular complexity index is 601. The molecule has 0 saturated carbocycles. The second-order valence-corrected chi connectivity index (χ2v) is 6.81. The molecule has 0 fully saturated rings. The van der Waals surface area contributed by atoms with Gasteiger partial charge in [0.05, 0.1) is 12.2 Å². The summed E-state index contributed by atoms with van der Waals surface area (Å²) >= 11 is 0. The van der Waals surface area contributed by atoms with E-state index in [-0.39, 0.29) is 11.2 Å². The fourth-order valence-corrected chi connectivity index (χ4v) is 2.85.